The van der Waals surface area contributed by atoms with Gasteiger partial charge in [-0.15, -0.1) is 12.4 Å². The maximum atomic E-state index is 13.9. The molecule has 3 aromatic carbocycles. The van der Waals surface area contributed by atoms with E-state index in [0.29, 0.717) is 22.9 Å². The molecule has 202 valence electrons. The minimum atomic E-state index is -0.791. The summed E-state index contributed by atoms with van der Waals surface area (Å²) >= 11 is 0. The zero-order valence-corrected chi connectivity index (χ0v) is 22.8. The van der Waals surface area contributed by atoms with Crippen LogP contribution in [0.25, 0.3) is 11.1 Å². The van der Waals surface area contributed by atoms with Gasteiger partial charge in [-0.05, 0) is 56.2 Å². The highest BCUT2D eigenvalue weighted by Gasteiger charge is 2.38. The normalized spacial score (nSPS) is 13.7. The number of ether oxygens (including phenoxy) is 2. The number of rotatable bonds is 7. The van der Waals surface area contributed by atoms with E-state index in [1.807, 2.05) is 39.0 Å². The van der Waals surface area contributed by atoms with Crippen LogP contribution in [0, 0.1) is 12.7 Å². The van der Waals surface area contributed by atoms with Crippen LogP contribution in [0.5, 0.6) is 11.5 Å². The number of methoxy groups -OCH3 is 1. The number of likely N-dealkylation sites (N-methyl/N-ethyl adjacent to an activating group) is 1. The summed E-state index contributed by atoms with van der Waals surface area (Å²) in [5, 5.41) is 6.05. The largest absolute Gasteiger partial charge is 0.496 e. The number of aryl methyl sites for hydroxylation is 1. The van der Waals surface area contributed by atoms with E-state index in [1.54, 1.807) is 30.1 Å². The lowest BCUT2D eigenvalue weighted by Crippen LogP contribution is -2.52. The maximum Gasteiger partial charge on any atom is 0.251 e. The molecule has 4 rings (SSSR count). The maximum absolute atomic E-state index is 13.9. The van der Waals surface area contributed by atoms with Gasteiger partial charge in [0.15, 0.2) is 0 Å². The molecule has 10 heteroatoms. The monoisotopic (exact) mass is 542 g/mol. The predicted octanol–water partition coefficient (Wildman–Crippen LogP) is 4.87. The number of benzene rings is 3. The lowest BCUT2D eigenvalue weighted by atomic mass is 9.91. The molecule has 38 heavy (non-hydrogen) atoms. The van der Waals surface area contributed by atoms with Gasteiger partial charge in [-0.2, -0.15) is 0 Å². The number of hydrogen-bond acceptors (Lipinski definition) is 6. The molecule has 0 unspecified atom stereocenters. The number of amides is 2. The van der Waals surface area contributed by atoms with E-state index >= 15 is 0 Å². The summed E-state index contributed by atoms with van der Waals surface area (Å²) in [5.74, 6) is 0.0944. The summed E-state index contributed by atoms with van der Waals surface area (Å²) < 4.78 is 25.7. The molecule has 0 fully saturated rings. The van der Waals surface area contributed by atoms with Crippen molar-refractivity contribution in [3.05, 3.63) is 65.5 Å². The van der Waals surface area contributed by atoms with Crippen molar-refractivity contribution in [3.63, 3.8) is 0 Å². The Balaban J connectivity index is 0.00000400. The highest BCUT2D eigenvalue weighted by Crippen LogP contribution is 2.44. The Morgan fingerprint density at radius 2 is 1.82 bits per heavy atom. The highest BCUT2D eigenvalue weighted by atomic mass is 35.5. The van der Waals surface area contributed by atoms with Gasteiger partial charge in [0, 0.05) is 36.0 Å². The third-order valence-corrected chi connectivity index (χ3v) is 6.39. The van der Waals surface area contributed by atoms with Crippen LogP contribution >= 0.6 is 12.4 Å². The number of carbonyl (C=O) groups excluding carboxylic acids is 2. The smallest absolute Gasteiger partial charge is 0.251 e. The Morgan fingerprint density at radius 1 is 1.11 bits per heavy atom. The highest BCUT2D eigenvalue weighted by molar-refractivity contribution is 6.09. The molecule has 1 aliphatic rings. The van der Waals surface area contributed by atoms with Crippen molar-refractivity contribution in [1.82, 2.24) is 0 Å². The van der Waals surface area contributed by atoms with Gasteiger partial charge in [0.1, 0.15) is 29.5 Å². The second-order valence-corrected chi connectivity index (χ2v) is 9.47. The first-order valence-electron chi connectivity index (χ1n) is 11.8. The topological polar surface area (TPSA) is 106 Å². The Bertz CT molecular complexity index is 1380. The van der Waals surface area contributed by atoms with Gasteiger partial charge < -0.3 is 30.7 Å². The quantitative estimate of drug-likeness (QED) is 0.393. The van der Waals surface area contributed by atoms with E-state index in [2.05, 4.69) is 10.6 Å². The predicted molar refractivity (Wildman–Crippen MR) is 150 cm³/mol. The van der Waals surface area contributed by atoms with Crippen molar-refractivity contribution < 1.29 is 23.5 Å². The van der Waals surface area contributed by atoms with Gasteiger partial charge in [0.2, 0.25) is 5.91 Å². The van der Waals surface area contributed by atoms with E-state index in [4.69, 9.17) is 15.2 Å². The molecule has 4 N–H and O–H groups in total. The van der Waals surface area contributed by atoms with Crippen LogP contribution < -0.4 is 30.7 Å². The molecule has 2 amide bonds. The van der Waals surface area contributed by atoms with E-state index in [9.17, 15) is 14.0 Å². The van der Waals surface area contributed by atoms with Crippen LogP contribution in [0.4, 0.5) is 21.5 Å². The van der Waals surface area contributed by atoms with Crippen molar-refractivity contribution in [3.8, 4) is 22.6 Å². The number of anilines is 3. The minimum Gasteiger partial charge on any atom is -0.496 e. The molecule has 0 saturated carbocycles. The fourth-order valence-corrected chi connectivity index (χ4v) is 4.51. The summed E-state index contributed by atoms with van der Waals surface area (Å²) in [6.45, 7) is 5.42. The van der Waals surface area contributed by atoms with Gasteiger partial charge >= 0.3 is 0 Å². The third kappa shape index (κ3) is 5.54. The fraction of sp³-hybridized carbons (Fsp3) is 0.286. The fourth-order valence-electron chi connectivity index (χ4n) is 4.51. The lowest BCUT2D eigenvalue weighted by molar-refractivity contribution is -0.121. The second-order valence-electron chi connectivity index (χ2n) is 9.47. The summed E-state index contributed by atoms with van der Waals surface area (Å²) in [6.07, 6.45) is 0. The summed E-state index contributed by atoms with van der Waals surface area (Å²) in [4.78, 5) is 26.6. The van der Waals surface area contributed by atoms with Crippen molar-refractivity contribution in [1.29, 1.82) is 0 Å². The number of carbonyl (C=O) groups is 2. The first-order valence-corrected chi connectivity index (χ1v) is 11.8. The van der Waals surface area contributed by atoms with E-state index in [0.717, 1.165) is 27.9 Å². The number of hydrogen-bond donors (Lipinski definition) is 3. The van der Waals surface area contributed by atoms with Crippen LogP contribution in [-0.2, 0) is 16.2 Å². The van der Waals surface area contributed by atoms with Crippen molar-refractivity contribution in [2.45, 2.75) is 32.9 Å². The molecule has 0 atom stereocenters. The average molecular weight is 543 g/mol. The summed E-state index contributed by atoms with van der Waals surface area (Å²) in [7, 11) is 3.27. The van der Waals surface area contributed by atoms with Crippen molar-refractivity contribution in [2.24, 2.45) is 5.73 Å². The van der Waals surface area contributed by atoms with Crippen LogP contribution in [0.1, 0.15) is 25.0 Å². The molecular weight excluding hydrogens is 511 g/mol. The molecule has 3 aromatic rings. The molecule has 0 spiro atoms. The molecule has 0 bridgehead atoms. The molecule has 8 nitrogen and oxygen atoms in total. The number of nitrogens with zero attached hydrogens (tertiary/aromatic N) is 1. The summed E-state index contributed by atoms with van der Waals surface area (Å²) in [6, 6.07) is 13.5. The van der Waals surface area contributed by atoms with Crippen LogP contribution in [0.3, 0.4) is 0 Å². The first-order chi connectivity index (χ1) is 17.6. The van der Waals surface area contributed by atoms with Crippen molar-refractivity contribution >= 4 is 41.3 Å². The Morgan fingerprint density at radius 3 is 2.50 bits per heavy atom. The van der Waals surface area contributed by atoms with Crippen molar-refractivity contribution in [2.75, 3.05) is 36.2 Å². The van der Waals surface area contributed by atoms with E-state index in [-0.39, 0.29) is 37.4 Å². The molecular formula is C28H32ClFN4O4. The van der Waals surface area contributed by atoms with E-state index in [1.165, 1.54) is 19.2 Å². The van der Waals surface area contributed by atoms with Crippen LogP contribution in [-0.4, -0.2) is 38.1 Å². The molecule has 0 radical (unpaired) electrons. The average Bonchev–Trinajstić information content (AvgIpc) is 2.87. The molecule has 0 aromatic heterocycles. The second kappa shape index (κ2) is 11.3. The SMILES string of the molecule is COc1cc(NC(=O)CN)ccc1-c1ccc2c(c1COc1cc(F)ccc1C)N(C)C(=O)C(C)(C)N2.Cl. The first kappa shape index (κ1) is 28.7. The van der Waals surface area contributed by atoms with Crippen LogP contribution in [0.15, 0.2) is 48.5 Å². The zero-order valence-electron chi connectivity index (χ0n) is 22.0. The number of nitrogens with two attached hydrogens (primary N) is 1. The minimum absolute atomic E-state index is 0. The molecule has 1 heterocycles. The standard InChI is InChI=1S/C28H31FN4O4.ClH/c1-16-6-7-17(29)12-23(16)37-15-21-19(10-11-22-26(21)33(4)27(35)28(2,3)32-22)20-9-8-18(13-24(20)36-5)31-25(34)14-30;/h6-13,32H,14-15,30H2,1-5H3,(H,31,34);1H. The number of fused-ring (bicyclic) bond motifs is 1. The zero-order chi connectivity index (χ0) is 26.9. The molecule has 1 aliphatic heterocycles. The van der Waals surface area contributed by atoms with Gasteiger partial charge in [0.05, 0.1) is 25.0 Å². The third-order valence-electron chi connectivity index (χ3n) is 6.39. The number of halogens is 2. The Labute approximate surface area is 227 Å². The van der Waals surface area contributed by atoms with Gasteiger partial charge in [-0.3, -0.25) is 9.59 Å². The van der Waals surface area contributed by atoms with E-state index < -0.39 is 11.4 Å². The Kier molecular flexibility index (Phi) is 8.54. The van der Waals surface area contributed by atoms with Crippen LogP contribution in [0.2, 0.25) is 0 Å². The summed E-state index contributed by atoms with van der Waals surface area (Å²) in [5.41, 5.74) is 9.61. The molecule has 0 aliphatic carbocycles. The molecule has 0 saturated heterocycles. The van der Waals surface area contributed by atoms with Gasteiger partial charge in [0.25, 0.3) is 5.91 Å². The number of nitrogens with one attached hydrogen (secondary N) is 2. The lowest BCUT2D eigenvalue weighted by Gasteiger charge is -2.39. The Hall–Kier alpha value is -3.82. The van der Waals surface area contributed by atoms with Gasteiger partial charge in [-0.25, -0.2) is 4.39 Å². The van der Waals surface area contributed by atoms with Gasteiger partial charge in [-0.1, -0.05) is 12.1 Å².